The summed E-state index contributed by atoms with van der Waals surface area (Å²) in [4.78, 5) is 22.0. The van der Waals surface area contributed by atoms with Crippen molar-refractivity contribution < 1.29 is 14.3 Å². The van der Waals surface area contributed by atoms with E-state index in [0.29, 0.717) is 28.7 Å². The number of hydrazone groups is 1. The molecule has 1 aromatic heterocycles. The Balaban J connectivity index is 1.41. The first-order chi connectivity index (χ1) is 16.1. The minimum Gasteiger partial charge on any atom is -0.481 e. The Labute approximate surface area is 190 Å². The predicted molar refractivity (Wildman–Crippen MR) is 124 cm³/mol. The summed E-state index contributed by atoms with van der Waals surface area (Å²) in [5, 5.41) is 12.2. The van der Waals surface area contributed by atoms with Gasteiger partial charge in [0.2, 0.25) is 18.1 Å². The van der Waals surface area contributed by atoms with Gasteiger partial charge in [-0.2, -0.15) is 0 Å². The molecule has 2 aromatic carbocycles. The van der Waals surface area contributed by atoms with Crippen LogP contribution in [0.1, 0.15) is 16.7 Å². The van der Waals surface area contributed by atoms with Crippen molar-refractivity contribution in [1.82, 2.24) is 15.3 Å². The van der Waals surface area contributed by atoms with Gasteiger partial charge in [-0.05, 0) is 12.1 Å². The zero-order valence-corrected chi connectivity index (χ0v) is 18.1. The second-order valence-corrected chi connectivity index (χ2v) is 7.49. The standard InChI is InChI=1S/C24H22N6O3/c1-30-24(33-23(29-30)16-12-13-19(32-2)25-14-16)28-21-22(31)26-18-11-7-6-10-17(18)20(27-21)15-8-4-3-5-9-15/h3-14,21,24,28H,1-2H3,(H,26,31). The van der Waals surface area contributed by atoms with Crippen molar-refractivity contribution in [3.8, 4) is 5.88 Å². The second kappa shape index (κ2) is 8.71. The molecule has 33 heavy (non-hydrogen) atoms. The molecule has 2 aliphatic rings. The predicted octanol–water partition coefficient (Wildman–Crippen LogP) is 2.40. The molecule has 0 saturated heterocycles. The van der Waals surface area contributed by atoms with E-state index >= 15 is 0 Å². The van der Waals surface area contributed by atoms with Crippen LogP contribution in [0.5, 0.6) is 5.88 Å². The molecule has 0 saturated carbocycles. The Bertz CT molecular complexity index is 1230. The number of anilines is 1. The van der Waals surface area contributed by atoms with Crippen LogP contribution in [-0.4, -0.2) is 54.2 Å². The fourth-order valence-corrected chi connectivity index (χ4v) is 3.63. The highest BCUT2D eigenvalue weighted by molar-refractivity contribution is 6.19. The number of benzene rings is 2. The number of nitrogens with one attached hydrogen (secondary N) is 2. The molecule has 0 fully saturated rings. The van der Waals surface area contributed by atoms with Crippen LogP contribution in [0, 0.1) is 0 Å². The lowest BCUT2D eigenvalue weighted by Gasteiger charge is -2.22. The number of carbonyl (C=O) groups is 1. The number of fused-ring (bicyclic) bond motifs is 1. The zero-order chi connectivity index (χ0) is 22.8. The average molecular weight is 442 g/mol. The summed E-state index contributed by atoms with van der Waals surface area (Å²) in [6, 6.07) is 20.9. The third-order valence-electron chi connectivity index (χ3n) is 5.30. The lowest BCUT2D eigenvalue weighted by Crippen LogP contribution is -2.49. The molecule has 0 spiro atoms. The Kier molecular flexibility index (Phi) is 5.45. The number of aromatic nitrogens is 1. The van der Waals surface area contributed by atoms with Gasteiger partial charge in [0.25, 0.3) is 5.91 Å². The van der Waals surface area contributed by atoms with Gasteiger partial charge in [0.05, 0.1) is 24.1 Å². The maximum atomic E-state index is 13.1. The van der Waals surface area contributed by atoms with Gasteiger partial charge in [0, 0.05) is 30.4 Å². The molecule has 9 nitrogen and oxygen atoms in total. The van der Waals surface area contributed by atoms with Crippen LogP contribution < -0.4 is 15.4 Å². The van der Waals surface area contributed by atoms with Crippen LogP contribution in [0.3, 0.4) is 0 Å². The van der Waals surface area contributed by atoms with E-state index in [9.17, 15) is 4.79 Å². The summed E-state index contributed by atoms with van der Waals surface area (Å²) >= 11 is 0. The number of hydrogen-bond acceptors (Lipinski definition) is 8. The van der Waals surface area contributed by atoms with Gasteiger partial charge < -0.3 is 14.8 Å². The summed E-state index contributed by atoms with van der Waals surface area (Å²) in [5.41, 5.74) is 3.87. The molecule has 0 bridgehead atoms. The van der Waals surface area contributed by atoms with Gasteiger partial charge >= 0.3 is 0 Å². The molecule has 0 aliphatic carbocycles. The number of ether oxygens (including phenoxy) is 2. The Morgan fingerprint density at radius 2 is 1.82 bits per heavy atom. The van der Waals surface area contributed by atoms with E-state index in [0.717, 1.165) is 11.1 Å². The number of pyridine rings is 1. The fourth-order valence-electron chi connectivity index (χ4n) is 3.63. The highest BCUT2D eigenvalue weighted by Crippen LogP contribution is 2.24. The molecule has 5 rings (SSSR count). The maximum absolute atomic E-state index is 13.1. The van der Waals surface area contributed by atoms with Crippen LogP contribution in [0.2, 0.25) is 0 Å². The first-order valence-electron chi connectivity index (χ1n) is 10.4. The molecule has 0 radical (unpaired) electrons. The van der Waals surface area contributed by atoms with E-state index in [1.165, 1.54) is 0 Å². The molecule has 2 N–H and O–H groups in total. The number of nitrogens with zero attached hydrogens (tertiary/aromatic N) is 4. The van der Waals surface area contributed by atoms with Crippen molar-refractivity contribution in [1.29, 1.82) is 0 Å². The average Bonchev–Trinajstić information content (AvgIpc) is 3.15. The van der Waals surface area contributed by atoms with Crippen LogP contribution in [0.15, 0.2) is 83.0 Å². The van der Waals surface area contributed by atoms with E-state index < -0.39 is 12.5 Å². The maximum Gasteiger partial charge on any atom is 0.264 e. The summed E-state index contributed by atoms with van der Waals surface area (Å²) < 4.78 is 11.1. The number of methoxy groups -OCH3 is 1. The monoisotopic (exact) mass is 442 g/mol. The molecule has 2 unspecified atom stereocenters. The summed E-state index contributed by atoms with van der Waals surface area (Å²) in [5.74, 6) is 0.595. The largest absolute Gasteiger partial charge is 0.481 e. The van der Waals surface area contributed by atoms with Crippen LogP contribution in [0.25, 0.3) is 0 Å². The highest BCUT2D eigenvalue weighted by atomic mass is 16.5. The second-order valence-electron chi connectivity index (χ2n) is 7.49. The van der Waals surface area contributed by atoms with Crippen LogP contribution in [-0.2, 0) is 9.53 Å². The van der Waals surface area contributed by atoms with Crippen molar-refractivity contribution in [2.75, 3.05) is 19.5 Å². The summed E-state index contributed by atoms with van der Waals surface area (Å²) in [7, 11) is 3.31. The van der Waals surface area contributed by atoms with Crippen molar-refractivity contribution >= 4 is 23.2 Å². The van der Waals surface area contributed by atoms with Crippen molar-refractivity contribution in [3.05, 3.63) is 89.6 Å². The summed E-state index contributed by atoms with van der Waals surface area (Å²) in [6.07, 6.45) is 0.0255. The molecule has 3 aromatic rings. The molecule has 166 valence electrons. The fraction of sp³-hybridized carbons (Fsp3) is 0.167. The van der Waals surface area contributed by atoms with Gasteiger partial charge in [-0.25, -0.2) is 15.3 Å². The van der Waals surface area contributed by atoms with Gasteiger partial charge in [-0.3, -0.25) is 9.79 Å². The number of para-hydroxylation sites is 1. The topological polar surface area (TPSA) is 100 Å². The van der Waals surface area contributed by atoms with Crippen LogP contribution in [0.4, 0.5) is 5.69 Å². The van der Waals surface area contributed by atoms with Crippen LogP contribution >= 0.6 is 0 Å². The van der Waals surface area contributed by atoms with E-state index in [1.807, 2.05) is 60.7 Å². The number of hydrogen-bond donors (Lipinski definition) is 2. The molecule has 9 heteroatoms. The molecule has 1 amide bonds. The number of amides is 1. The number of aliphatic imine (C=N–C) groups is 1. The lowest BCUT2D eigenvalue weighted by atomic mass is 10.0. The van der Waals surface area contributed by atoms with E-state index in [4.69, 9.17) is 14.5 Å². The van der Waals surface area contributed by atoms with Gasteiger partial charge in [0.15, 0.2) is 6.17 Å². The Hall–Kier alpha value is -4.24. The van der Waals surface area contributed by atoms with Crippen molar-refractivity contribution in [3.63, 3.8) is 0 Å². The quantitative estimate of drug-likeness (QED) is 0.630. The van der Waals surface area contributed by atoms with Gasteiger partial charge in [-0.1, -0.05) is 48.5 Å². The minimum atomic E-state index is -0.899. The first kappa shape index (κ1) is 20.7. The number of rotatable bonds is 5. The molecular formula is C24H22N6O3. The SMILES string of the molecule is COc1ccc(C2=NN(C)C(NC3N=C(c4ccccc4)c4ccccc4NC3=O)O2)cn1. The molecular weight excluding hydrogens is 420 g/mol. The van der Waals surface area contributed by atoms with Gasteiger partial charge in [0.1, 0.15) is 0 Å². The lowest BCUT2D eigenvalue weighted by molar-refractivity contribution is -0.119. The zero-order valence-electron chi connectivity index (χ0n) is 18.1. The third-order valence-corrected chi connectivity index (χ3v) is 5.30. The normalized spacial score (nSPS) is 19.6. The van der Waals surface area contributed by atoms with E-state index in [-0.39, 0.29) is 5.91 Å². The summed E-state index contributed by atoms with van der Waals surface area (Å²) in [6.45, 7) is 0. The Morgan fingerprint density at radius 1 is 1.03 bits per heavy atom. The smallest absolute Gasteiger partial charge is 0.264 e. The van der Waals surface area contributed by atoms with Gasteiger partial charge in [-0.15, -0.1) is 5.10 Å². The third kappa shape index (κ3) is 4.13. The highest BCUT2D eigenvalue weighted by Gasteiger charge is 2.33. The minimum absolute atomic E-state index is 0.287. The Morgan fingerprint density at radius 3 is 2.58 bits per heavy atom. The molecule has 3 heterocycles. The van der Waals surface area contributed by atoms with Crippen molar-refractivity contribution in [2.24, 2.45) is 10.1 Å². The first-order valence-corrected chi connectivity index (χ1v) is 10.4. The number of benzodiazepines with no additional fused rings is 1. The van der Waals surface area contributed by atoms with E-state index in [1.54, 1.807) is 31.4 Å². The molecule has 2 atom stereocenters. The van der Waals surface area contributed by atoms with E-state index in [2.05, 4.69) is 20.7 Å². The molecule has 2 aliphatic heterocycles. The van der Waals surface area contributed by atoms with Crippen molar-refractivity contribution in [2.45, 2.75) is 12.5 Å². The number of carbonyl (C=O) groups excluding carboxylic acids is 1.